The van der Waals surface area contributed by atoms with E-state index >= 15 is 0 Å². The summed E-state index contributed by atoms with van der Waals surface area (Å²) in [6.07, 6.45) is 13.5. The molecule has 3 aliphatic carbocycles. The van der Waals surface area contributed by atoms with Gasteiger partial charge in [0.2, 0.25) is 0 Å². The van der Waals surface area contributed by atoms with Crippen LogP contribution in [-0.4, -0.2) is 11.2 Å². The molecule has 0 spiro atoms. The quantitative estimate of drug-likeness (QED) is 0.546. The van der Waals surface area contributed by atoms with Crippen LogP contribution in [0.3, 0.4) is 0 Å². The fourth-order valence-electron chi connectivity index (χ4n) is 5.02. The van der Waals surface area contributed by atoms with Crippen molar-refractivity contribution >= 4 is 15.9 Å². The second-order valence-electron chi connectivity index (χ2n) is 8.01. The van der Waals surface area contributed by atoms with Crippen molar-refractivity contribution in [2.75, 3.05) is 0 Å². The minimum atomic E-state index is -0.0671. The standard InChI is InChI=1S/C21H31BrO/c1-2-3-4-5-6-19(23)21-14-11-20(12-15-21,13-16-21)17-7-9-18(22)10-8-17/h7-10,19,23H,2-6,11-16H2,1H3/t19-,20?,21?/m0/s1. The summed E-state index contributed by atoms with van der Waals surface area (Å²) in [5.41, 5.74) is 2.15. The fraction of sp³-hybridized carbons (Fsp3) is 0.714. The van der Waals surface area contributed by atoms with Gasteiger partial charge in [0.15, 0.2) is 0 Å². The summed E-state index contributed by atoms with van der Waals surface area (Å²) in [4.78, 5) is 0. The zero-order valence-corrected chi connectivity index (χ0v) is 16.1. The van der Waals surface area contributed by atoms with Crippen molar-refractivity contribution in [2.45, 2.75) is 89.1 Å². The zero-order valence-electron chi connectivity index (χ0n) is 14.5. The van der Waals surface area contributed by atoms with Crippen molar-refractivity contribution in [3.63, 3.8) is 0 Å². The topological polar surface area (TPSA) is 20.2 Å². The van der Waals surface area contributed by atoms with Crippen LogP contribution in [0.15, 0.2) is 28.7 Å². The number of aliphatic hydroxyl groups is 1. The van der Waals surface area contributed by atoms with Gasteiger partial charge in [-0.05, 0) is 73.5 Å². The maximum atomic E-state index is 10.8. The molecule has 3 aliphatic rings. The number of unbranched alkanes of at least 4 members (excludes halogenated alkanes) is 3. The third kappa shape index (κ3) is 3.54. The molecule has 0 aromatic heterocycles. The van der Waals surface area contributed by atoms with Crippen molar-refractivity contribution in [3.05, 3.63) is 34.3 Å². The molecule has 1 aromatic carbocycles. The van der Waals surface area contributed by atoms with Crippen LogP contribution in [0.5, 0.6) is 0 Å². The van der Waals surface area contributed by atoms with Gasteiger partial charge in [0.05, 0.1) is 6.10 Å². The van der Waals surface area contributed by atoms with Crippen LogP contribution < -0.4 is 0 Å². The Morgan fingerprint density at radius 2 is 1.57 bits per heavy atom. The number of rotatable bonds is 7. The van der Waals surface area contributed by atoms with E-state index in [4.69, 9.17) is 0 Å². The van der Waals surface area contributed by atoms with E-state index in [2.05, 4.69) is 47.1 Å². The van der Waals surface area contributed by atoms with Crippen molar-refractivity contribution in [3.8, 4) is 0 Å². The van der Waals surface area contributed by atoms with Gasteiger partial charge in [0.25, 0.3) is 0 Å². The SMILES string of the molecule is CCCCCC[C@H](O)C12CCC(c3ccc(Br)cc3)(CC1)CC2. The van der Waals surface area contributed by atoms with E-state index in [1.807, 2.05) is 0 Å². The highest BCUT2D eigenvalue weighted by Gasteiger charge is 2.51. The third-order valence-corrected chi connectivity index (χ3v) is 7.33. The van der Waals surface area contributed by atoms with E-state index in [1.165, 1.54) is 74.2 Å². The number of hydrogen-bond donors (Lipinski definition) is 1. The largest absolute Gasteiger partial charge is 0.393 e. The average molecular weight is 379 g/mol. The van der Waals surface area contributed by atoms with Crippen molar-refractivity contribution < 1.29 is 5.11 Å². The molecule has 2 heteroatoms. The second-order valence-corrected chi connectivity index (χ2v) is 8.93. The van der Waals surface area contributed by atoms with Crippen LogP contribution in [0.25, 0.3) is 0 Å². The molecule has 1 atom stereocenters. The molecular weight excluding hydrogens is 348 g/mol. The van der Waals surface area contributed by atoms with E-state index in [0.29, 0.717) is 5.41 Å². The summed E-state index contributed by atoms with van der Waals surface area (Å²) in [6, 6.07) is 8.99. The minimum absolute atomic E-state index is 0.0671. The smallest absolute Gasteiger partial charge is 0.0596 e. The van der Waals surface area contributed by atoms with Crippen LogP contribution >= 0.6 is 15.9 Å². The molecule has 128 valence electrons. The van der Waals surface area contributed by atoms with Gasteiger partial charge in [-0.3, -0.25) is 0 Å². The van der Waals surface area contributed by atoms with Gasteiger partial charge in [-0.2, -0.15) is 0 Å². The number of hydrogen-bond acceptors (Lipinski definition) is 1. The molecule has 0 saturated heterocycles. The van der Waals surface area contributed by atoms with E-state index in [1.54, 1.807) is 0 Å². The molecule has 0 aliphatic heterocycles. The molecule has 1 N–H and O–H groups in total. The van der Waals surface area contributed by atoms with Gasteiger partial charge in [-0.15, -0.1) is 0 Å². The van der Waals surface area contributed by atoms with Crippen molar-refractivity contribution in [1.29, 1.82) is 0 Å². The maximum absolute atomic E-state index is 10.8. The highest BCUT2D eigenvalue weighted by atomic mass is 79.9. The van der Waals surface area contributed by atoms with Crippen molar-refractivity contribution in [1.82, 2.24) is 0 Å². The molecule has 1 nitrogen and oxygen atoms in total. The van der Waals surface area contributed by atoms with Crippen LogP contribution in [0.4, 0.5) is 0 Å². The lowest BCUT2D eigenvalue weighted by Crippen LogP contribution is -2.49. The Hall–Kier alpha value is -0.340. The molecule has 3 saturated carbocycles. The molecule has 1 aromatic rings. The van der Waals surface area contributed by atoms with Crippen LogP contribution in [-0.2, 0) is 5.41 Å². The first-order valence-corrected chi connectivity index (χ1v) is 10.3. The Bertz CT molecular complexity index is 483. The summed E-state index contributed by atoms with van der Waals surface area (Å²) < 4.78 is 1.17. The Kier molecular flexibility index (Phi) is 5.53. The minimum Gasteiger partial charge on any atom is -0.393 e. The van der Waals surface area contributed by atoms with Crippen LogP contribution in [0.1, 0.15) is 83.1 Å². The molecule has 0 heterocycles. The van der Waals surface area contributed by atoms with Crippen molar-refractivity contribution in [2.24, 2.45) is 5.41 Å². The molecule has 0 amide bonds. The Morgan fingerprint density at radius 3 is 2.13 bits per heavy atom. The normalized spacial score (nSPS) is 31.3. The molecule has 3 fully saturated rings. The molecule has 2 bridgehead atoms. The molecule has 23 heavy (non-hydrogen) atoms. The lowest BCUT2D eigenvalue weighted by atomic mass is 9.50. The van der Waals surface area contributed by atoms with Crippen LogP contribution in [0.2, 0.25) is 0 Å². The third-order valence-electron chi connectivity index (χ3n) is 6.80. The fourth-order valence-corrected chi connectivity index (χ4v) is 5.29. The Morgan fingerprint density at radius 1 is 0.957 bits per heavy atom. The maximum Gasteiger partial charge on any atom is 0.0596 e. The van der Waals surface area contributed by atoms with Gasteiger partial charge >= 0.3 is 0 Å². The molecular formula is C21H31BrO. The van der Waals surface area contributed by atoms with E-state index < -0.39 is 0 Å². The van der Waals surface area contributed by atoms with Gasteiger partial charge < -0.3 is 5.11 Å². The average Bonchev–Trinajstić information content (AvgIpc) is 2.60. The predicted octanol–water partition coefficient (Wildman–Crippen LogP) is 6.37. The monoisotopic (exact) mass is 378 g/mol. The van der Waals surface area contributed by atoms with E-state index in [0.717, 1.165) is 6.42 Å². The Labute approximate surface area is 150 Å². The number of benzene rings is 1. The summed E-state index contributed by atoms with van der Waals surface area (Å²) in [5.74, 6) is 0. The summed E-state index contributed by atoms with van der Waals surface area (Å²) in [5, 5.41) is 10.8. The highest BCUT2D eigenvalue weighted by Crippen LogP contribution is 2.59. The highest BCUT2D eigenvalue weighted by molar-refractivity contribution is 9.10. The molecule has 4 rings (SSSR count). The number of halogens is 1. The number of aliphatic hydroxyl groups excluding tert-OH is 1. The first-order chi connectivity index (χ1) is 11.1. The van der Waals surface area contributed by atoms with Gasteiger partial charge in [0.1, 0.15) is 0 Å². The molecule has 0 unspecified atom stereocenters. The van der Waals surface area contributed by atoms with E-state index in [9.17, 15) is 5.11 Å². The summed E-state index contributed by atoms with van der Waals surface area (Å²) in [7, 11) is 0. The predicted molar refractivity (Wildman–Crippen MR) is 101 cm³/mol. The van der Waals surface area contributed by atoms with Crippen LogP contribution in [0, 0.1) is 5.41 Å². The lowest BCUT2D eigenvalue weighted by Gasteiger charge is -2.55. The first-order valence-electron chi connectivity index (χ1n) is 9.54. The Balaban J connectivity index is 1.61. The molecule has 0 radical (unpaired) electrons. The van der Waals surface area contributed by atoms with Gasteiger partial charge in [-0.1, -0.05) is 60.7 Å². The van der Waals surface area contributed by atoms with Gasteiger partial charge in [0, 0.05) is 4.47 Å². The van der Waals surface area contributed by atoms with Gasteiger partial charge in [-0.25, -0.2) is 0 Å². The second kappa shape index (κ2) is 7.27. The summed E-state index contributed by atoms with van der Waals surface area (Å²) in [6.45, 7) is 2.25. The number of fused-ring (bicyclic) bond motifs is 3. The summed E-state index contributed by atoms with van der Waals surface area (Å²) >= 11 is 3.55. The zero-order chi connectivity index (χ0) is 16.3. The first kappa shape index (κ1) is 17.5. The van der Waals surface area contributed by atoms with E-state index in [-0.39, 0.29) is 11.5 Å². The lowest BCUT2D eigenvalue weighted by molar-refractivity contribution is -0.0682.